The van der Waals surface area contributed by atoms with Crippen LogP contribution in [0.3, 0.4) is 0 Å². The first-order valence-electron chi connectivity index (χ1n) is 8.65. The third kappa shape index (κ3) is 3.99. The molecule has 0 radical (unpaired) electrons. The number of hydrogen-bond acceptors (Lipinski definition) is 4. The molecule has 2 N–H and O–H groups in total. The third-order valence-electron chi connectivity index (χ3n) is 4.95. The van der Waals surface area contributed by atoms with E-state index >= 15 is 0 Å². The smallest absolute Gasteiger partial charge is 0.307 e. The van der Waals surface area contributed by atoms with E-state index in [-0.39, 0.29) is 11.8 Å². The lowest BCUT2D eigenvalue weighted by molar-refractivity contribution is -0.139. The quantitative estimate of drug-likeness (QED) is 0.835. The standard InChI is InChI=1S/C18H23N3O4/c1-2-20-7-9-21(10-8-20)17(23)12-3-5-13(6-4-12)19-16(22)14-11-15(14)18(24)25/h3-6,14-15H,2,7-11H2,1H3,(H,19,22)(H,24,25)/t14-,15+/m1/s1. The molecule has 134 valence electrons. The predicted octanol–water partition coefficient (Wildman–Crippen LogP) is 1.12. The van der Waals surface area contributed by atoms with E-state index in [0.29, 0.717) is 17.7 Å². The van der Waals surface area contributed by atoms with Crippen molar-refractivity contribution in [1.29, 1.82) is 0 Å². The molecular weight excluding hydrogens is 322 g/mol. The molecule has 3 rings (SSSR count). The van der Waals surface area contributed by atoms with Crippen molar-refractivity contribution in [3.05, 3.63) is 29.8 Å². The van der Waals surface area contributed by atoms with E-state index in [4.69, 9.17) is 5.11 Å². The molecule has 0 unspecified atom stereocenters. The van der Waals surface area contributed by atoms with Gasteiger partial charge in [-0.15, -0.1) is 0 Å². The summed E-state index contributed by atoms with van der Waals surface area (Å²) in [7, 11) is 0. The van der Waals surface area contributed by atoms with Crippen molar-refractivity contribution >= 4 is 23.5 Å². The molecule has 25 heavy (non-hydrogen) atoms. The SMILES string of the molecule is CCN1CCN(C(=O)c2ccc(NC(=O)[C@@H]3C[C@@H]3C(=O)O)cc2)CC1. The summed E-state index contributed by atoms with van der Waals surface area (Å²) in [6.07, 6.45) is 0.390. The van der Waals surface area contributed by atoms with Gasteiger partial charge in [0.1, 0.15) is 0 Å². The number of hydrogen-bond donors (Lipinski definition) is 2. The molecule has 2 aliphatic rings. The van der Waals surface area contributed by atoms with Crippen LogP contribution in [-0.4, -0.2) is 65.4 Å². The monoisotopic (exact) mass is 345 g/mol. The van der Waals surface area contributed by atoms with Gasteiger partial charge in [0.25, 0.3) is 5.91 Å². The van der Waals surface area contributed by atoms with Gasteiger partial charge < -0.3 is 20.2 Å². The fraction of sp³-hybridized carbons (Fsp3) is 0.500. The number of carbonyl (C=O) groups is 3. The number of piperazine rings is 1. The first kappa shape index (κ1) is 17.4. The van der Waals surface area contributed by atoms with Crippen LogP contribution in [-0.2, 0) is 9.59 Å². The molecular formula is C18H23N3O4. The predicted molar refractivity (Wildman–Crippen MR) is 92.3 cm³/mol. The lowest BCUT2D eigenvalue weighted by atomic mass is 10.1. The summed E-state index contributed by atoms with van der Waals surface area (Å²) in [5.41, 5.74) is 1.17. The summed E-state index contributed by atoms with van der Waals surface area (Å²) >= 11 is 0. The zero-order chi connectivity index (χ0) is 18.0. The Morgan fingerprint density at radius 1 is 1.08 bits per heavy atom. The normalized spacial score (nSPS) is 23.2. The van der Waals surface area contributed by atoms with Crippen LogP contribution in [0.4, 0.5) is 5.69 Å². The molecule has 1 aromatic carbocycles. The summed E-state index contributed by atoms with van der Waals surface area (Å²) < 4.78 is 0. The summed E-state index contributed by atoms with van der Waals surface area (Å²) in [6, 6.07) is 6.77. The molecule has 1 aliphatic heterocycles. The minimum atomic E-state index is -0.927. The first-order chi connectivity index (χ1) is 12.0. The van der Waals surface area contributed by atoms with Gasteiger partial charge in [0.05, 0.1) is 11.8 Å². The van der Waals surface area contributed by atoms with Gasteiger partial charge in [0.2, 0.25) is 5.91 Å². The van der Waals surface area contributed by atoms with Gasteiger partial charge in [-0.1, -0.05) is 6.92 Å². The molecule has 1 heterocycles. The minimum absolute atomic E-state index is 0.00163. The summed E-state index contributed by atoms with van der Waals surface area (Å²) in [4.78, 5) is 39.5. The zero-order valence-corrected chi connectivity index (χ0v) is 14.3. The number of nitrogens with zero attached hydrogens (tertiary/aromatic N) is 2. The average Bonchev–Trinajstić information content (AvgIpc) is 3.43. The van der Waals surface area contributed by atoms with Crippen LogP contribution < -0.4 is 5.32 Å². The second-order valence-corrected chi connectivity index (χ2v) is 6.58. The number of anilines is 1. The van der Waals surface area contributed by atoms with Crippen molar-refractivity contribution in [3.8, 4) is 0 Å². The number of likely N-dealkylation sites (N-methyl/N-ethyl adjacent to an activating group) is 1. The maximum absolute atomic E-state index is 12.5. The summed E-state index contributed by atoms with van der Waals surface area (Å²) in [6.45, 7) is 6.35. The van der Waals surface area contributed by atoms with Crippen molar-refractivity contribution in [1.82, 2.24) is 9.80 Å². The van der Waals surface area contributed by atoms with E-state index in [9.17, 15) is 14.4 Å². The molecule has 2 atom stereocenters. The van der Waals surface area contributed by atoms with Crippen LogP contribution in [0.25, 0.3) is 0 Å². The number of amides is 2. The van der Waals surface area contributed by atoms with Gasteiger partial charge in [0, 0.05) is 37.4 Å². The highest BCUT2D eigenvalue weighted by Gasteiger charge is 2.48. The highest BCUT2D eigenvalue weighted by Crippen LogP contribution is 2.39. The Morgan fingerprint density at radius 2 is 1.72 bits per heavy atom. The van der Waals surface area contributed by atoms with E-state index in [0.717, 1.165) is 32.7 Å². The number of nitrogens with one attached hydrogen (secondary N) is 1. The second kappa shape index (κ2) is 7.23. The zero-order valence-electron chi connectivity index (χ0n) is 14.3. The Bertz CT molecular complexity index is 665. The van der Waals surface area contributed by atoms with Crippen LogP contribution >= 0.6 is 0 Å². The fourth-order valence-corrected chi connectivity index (χ4v) is 3.14. The molecule has 0 aromatic heterocycles. The van der Waals surface area contributed by atoms with Gasteiger partial charge in [0.15, 0.2) is 0 Å². The van der Waals surface area contributed by atoms with Crippen molar-refractivity contribution < 1.29 is 19.5 Å². The topological polar surface area (TPSA) is 90.0 Å². The van der Waals surface area contributed by atoms with E-state index in [1.165, 1.54) is 0 Å². The third-order valence-corrected chi connectivity index (χ3v) is 4.95. The van der Waals surface area contributed by atoms with Crippen molar-refractivity contribution in [2.24, 2.45) is 11.8 Å². The van der Waals surface area contributed by atoms with Gasteiger partial charge in [-0.25, -0.2) is 0 Å². The molecule has 2 fully saturated rings. The minimum Gasteiger partial charge on any atom is -0.481 e. The highest BCUT2D eigenvalue weighted by atomic mass is 16.4. The Kier molecular flexibility index (Phi) is 5.03. The van der Waals surface area contributed by atoms with Crippen LogP contribution in [0.5, 0.6) is 0 Å². The molecule has 2 amide bonds. The second-order valence-electron chi connectivity index (χ2n) is 6.58. The molecule has 1 aliphatic carbocycles. The number of rotatable bonds is 5. The van der Waals surface area contributed by atoms with Crippen molar-refractivity contribution in [2.75, 3.05) is 38.0 Å². The Hall–Kier alpha value is -2.41. The van der Waals surface area contributed by atoms with Crippen LogP contribution in [0.15, 0.2) is 24.3 Å². The average molecular weight is 345 g/mol. The van der Waals surface area contributed by atoms with E-state index < -0.39 is 17.8 Å². The van der Waals surface area contributed by atoms with Crippen LogP contribution in [0.2, 0.25) is 0 Å². The summed E-state index contributed by atoms with van der Waals surface area (Å²) in [5, 5.41) is 11.6. The molecule has 1 aromatic rings. The van der Waals surface area contributed by atoms with E-state index in [1.54, 1.807) is 24.3 Å². The number of benzene rings is 1. The van der Waals surface area contributed by atoms with Gasteiger partial charge in [-0.3, -0.25) is 14.4 Å². The maximum atomic E-state index is 12.5. The van der Waals surface area contributed by atoms with Crippen molar-refractivity contribution in [3.63, 3.8) is 0 Å². The number of carbonyl (C=O) groups excluding carboxylic acids is 2. The Morgan fingerprint density at radius 3 is 2.24 bits per heavy atom. The Labute approximate surface area is 146 Å². The highest BCUT2D eigenvalue weighted by molar-refractivity contribution is 5.99. The molecule has 7 heteroatoms. The van der Waals surface area contributed by atoms with Crippen molar-refractivity contribution in [2.45, 2.75) is 13.3 Å². The summed E-state index contributed by atoms with van der Waals surface area (Å²) in [5.74, 6) is -2.22. The van der Waals surface area contributed by atoms with Gasteiger partial charge in [-0.05, 0) is 37.2 Å². The lowest BCUT2D eigenvalue weighted by Gasteiger charge is -2.34. The molecule has 1 saturated heterocycles. The first-order valence-corrected chi connectivity index (χ1v) is 8.65. The van der Waals surface area contributed by atoms with E-state index in [2.05, 4.69) is 17.1 Å². The fourth-order valence-electron chi connectivity index (χ4n) is 3.14. The van der Waals surface area contributed by atoms with Gasteiger partial charge >= 0.3 is 5.97 Å². The van der Waals surface area contributed by atoms with Crippen LogP contribution in [0, 0.1) is 11.8 Å². The molecule has 0 spiro atoms. The number of carboxylic acids is 1. The molecule has 1 saturated carbocycles. The Balaban J connectivity index is 1.54. The number of aliphatic carboxylic acids is 1. The molecule has 7 nitrogen and oxygen atoms in total. The van der Waals surface area contributed by atoms with E-state index in [1.807, 2.05) is 4.90 Å². The maximum Gasteiger partial charge on any atom is 0.307 e. The largest absolute Gasteiger partial charge is 0.481 e. The lowest BCUT2D eigenvalue weighted by Crippen LogP contribution is -2.48. The van der Waals surface area contributed by atoms with Gasteiger partial charge in [-0.2, -0.15) is 0 Å². The number of carboxylic acid groups (broad SMARTS) is 1. The molecule has 0 bridgehead atoms. The van der Waals surface area contributed by atoms with Crippen LogP contribution in [0.1, 0.15) is 23.7 Å².